The third kappa shape index (κ3) is 4.57. The van der Waals surface area contributed by atoms with Gasteiger partial charge < -0.3 is 10.2 Å². The third-order valence-corrected chi connectivity index (χ3v) is 2.71. The standard InChI is InChI=1S/C14H20N2O2/c1-3-4-10-16(2)13(17)11-15-14(18)12-8-6-5-7-9-12/h5-9H,3-4,10-11H2,1-2H3,(H,15,18). The number of hydrogen-bond donors (Lipinski definition) is 1. The number of hydrogen-bond acceptors (Lipinski definition) is 2. The second-order valence-corrected chi connectivity index (χ2v) is 4.22. The number of likely N-dealkylation sites (N-methyl/N-ethyl adjacent to an activating group) is 1. The molecule has 0 unspecified atom stereocenters. The van der Waals surface area contributed by atoms with Crippen LogP contribution in [0.15, 0.2) is 30.3 Å². The quantitative estimate of drug-likeness (QED) is 0.832. The van der Waals surface area contributed by atoms with Gasteiger partial charge in [0.1, 0.15) is 0 Å². The van der Waals surface area contributed by atoms with E-state index >= 15 is 0 Å². The van der Waals surface area contributed by atoms with Crippen LogP contribution >= 0.6 is 0 Å². The van der Waals surface area contributed by atoms with Crippen LogP contribution in [-0.2, 0) is 4.79 Å². The number of amides is 2. The zero-order valence-corrected chi connectivity index (χ0v) is 11.0. The van der Waals surface area contributed by atoms with Crippen molar-refractivity contribution in [2.24, 2.45) is 0 Å². The minimum Gasteiger partial charge on any atom is -0.344 e. The Morgan fingerprint density at radius 3 is 2.50 bits per heavy atom. The van der Waals surface area contributed by atoms with Crippen LogP contribution in [0.2, 0.25) is 0 Å². The molecule has 0 heterocycles. The summed E-state index contributed by atoms with van der Waals surface area (Å²) in [7, 11) is 1.76. The molecule has 4 heteroatoms. The Balaban J connectivity index is 2.36. The lowest BCUT2D eigenvalue weighted by Crippen LogP contribution is -2.38. The number of nitrogens with one attached hydrogen (secondary N) is 1. The van der Waals surface area contributed by atoms with Crippen molar-refractivity contribution in [1.82, 2.24) is 10.2 Å². The third-order valence-electron chi connectivity index (χ3n) is 2.71. The number of benzene rings is 1. The Kier molecular flexibility index (Phi) is 5.91. The van der Waals surface area contributed by atoms with Crippen LogP contribution < -0.4 is 5.32 Å². The highest BCUT2D eigenvalue weighted by Crippen LogP contribution is 1.98. The molecule has 98 valence electrons. The highest BCUT2D eigenvalue weighted by molar-refractivity contribution is 5.96. The number of unbranched alkanes of at least 4 members (excludes halogenated alkanes) is 1. The van der Waals surface area contributed by atoms with Crippen molar-refractivity contribution in [1.29, 1.82) is 0 Å². The van der Waals surface area contributed by atoms with Crippen LogP contribution in [0.3, 0.4) is 0 Å². The number of nitrogens with zero attached hydrogens (tertiary/aromatic N) is 1. The first-order valence-electron chi connectivity index (χ1n) is 6.22. The highest BCUT2D eigenvalue weighted by atomic mass is 16.2. The van der Waals surface area contributed by atoms with Gasteiger partial charge >= 0.3 is 0 Å². The van der Waals surface area contributed by atoms with Gasteiger partial charge in [-0.15, -0.1) is 0 Å². The predicted octanol–water partition coefficient (Wildman–Crippen LogP) is 1.67. The Morgan fingerprint density at radius 1 is 1.22 bits per heavy atom. The van der Waals surface area contributed by atoms with Crippen molar-refractivity contribution >= 4 is 11.8 Å². The summed E-state index contributed by atoms with van der Waals surface area (Å²) in [6, 6.07) is 8.88. The van der Waals surface area contributed by atoms with Crippen molar-refractivity contribution in [2.45, 2.75) is 19.8 Å². The van der Waals surface area contributed by atoms with E-state index in [-0.39, 0.29) is 18.4 Å². The van der Waals surface area contributed by atoms with Crippen LogP contribution in [0, 0.1) is 0 Å². The molecule has 0 spiro atoms. The maximum absolute atomic E-state index is 11.7. The molecule has 4 nitrogen and oxygen atoms in total. The largest absolute Gasteiger partial charge is 0.344 e. The lowest BCUT2D eigenvalue weighted by Gasteiger charge is -2.16. The second-order valence-electron chi connectivity index (χ2n) is 4.22. The Bertz CT molecular complexity index is 390. The first kappa shape index (κ1) is 14.2. The molecule has 0 bridgehead atoms. The summed E-state index contributed by atoms with van der Waals surface area (Å²) in [5.74, 6) is -0.277. The van der Waals surface area contributed by atoms with Gasteiger partial charge in [0.05, 0.1) is 6.54 Å². The van der Waals surface area contributed by atoms with Crippen LogP contribution in [-0.4, -0.2) is 36.9 Å². The van der Waals surface area contributed by atoms with Gasteiger partial charge in [0.2, 0.25) is 5.91 Å². The molecule has 0 fully saturated rings. The maximum Gasteiger partial charge on any atom is 0.251 e. The smallest absolute Gasteiger partial charge is 0.251 e. The molecule has 2 amide bonds. The Labute approximate surface area is 108 Å². The molecular weight excluding hydrogens is 228 g/mol. The lowest BCUT2D eigenvalue weighted by atomic mass is 10.2. The summed E-state index contributed by atoms with van der Waals surface area (Å²) in [5.41, 5.74) is 0.571. The van der Waals surface area contributed by atoms with Crippen LogP contribution in [0.5, 0.6) is 0 Å². The summed E-state index contributed by atoms with van der Waals surface area (Å²) in [6.07, 6.45) is 2.03. The SMILES string of the molecule is CCCCN(C)C(=O)CNC(=O)c1ccccc1. The molecule has 0 aliphatic rings. The Morgan fingerprint density at radius 2 is 1.89 bits per heavy atom. The normalized spacial score (nSPS) is 9.89. The average molecular weight is 248 g/mol. The average Bonchev–Trinajstić information content (AvgIpc) is 2.42. The number of carbonyl (C=O) groups excluding carboxylic acids is 2. The lowest BCUT2D eigenvalue weighted by molar-refractivity contribution is -0.128. The van der Waals surface area contributed by atoms with E-state index in [2.05, 4.69) is 12.2 Å². The molecule has 18 heavy (non-hydrogen) atoms. The Hall–Kier alpha value is -1.84. The van der Waals surface area contributed by atoms with Gasteiger partial charge in [-0.05, 0) is 18.6 Å². The zero-order valence-electron chi connectivity index (χ0n) is 11.0. The van der Waals surface area contributed by atoms with Crippen LogP contribution in [0.25, 0.3) is 0 Å². The molecule has 1 N–H and O–H groups in total. The topological polar surface area (TPSA) is 49.4 Å². The first-order valence-corrected chi connectivity index (χ1v) is 6.22. The van der Waals surface area contributed by atoms with E-state index in [1.807, 2.05) is 6.07 Å². The summed E-state index contributed by atoms with van der Waals surface area (Å²) in [6.45, 7) is 2.86. The van der Waals surface area contributed by atoms with E-state index in [9.17, 15) is 9.59 Å². The minimum absolute atomic E-state index is 0.0495. The van der Waals surface area contributed by atoms with E-state index in [1.165, 1.54) is 0 Å². The number of carbonyl (C=O) groups is 2. The number of rotatable bonds is 6. The van der Waals surface area contributed by atoms with E-state index in [0.29, 0.717) is 5.56 Å². The van der Waals surface area contributed by atoms with Gasteiger partial charge in [-0.1, -0.05) is 31.5 Å². The molecule has 0 aromatic heterocycles. The summed E-state index contributed by atoms with van der Waals surface area (Å²) >= 11 is 0. The molecule has 0 aliphatic heterocycles. The van der Waals surface area contributed by atoms with Gasteiger partial charge in [0, 0.05) is 19.2 Å². The fourth-order valence-corrected chi connectivity index (χ4v) is 1.50. The van der Waals surface area contributed by atoms with E-state index in [4.69, 9.17) is 0 Å². The molecule has 0 atom stereocenters. The van der Waals surface area contributed by atoms with Gasteiger partial charge in [-0.25, -0.2) is 0 Å². The van der Waals surface area contributed by atoms with Crippen molar-refractivity contribution in [3.05, 3.63) is 35.9 Å². The molecule has 0 radical (unpaired) electrons. The second kappa shape index (κ2) is 7.48. The fraction of sp³-hybridized carbons (Fsp3) is 0.429. The molecule has 0 saturated carbocycles. The summed E-state index contributed by atoms with van der Waals surface area (Å²) in [5, 5.41) is 2.63. The van der Waals surface area contributed by atoms with Gasteiger partial charge in [-0.2, -0.15) is 0 Å². The van der Waals surface area contributed by atoms with Crippen molar-refractivity contribution in [3.8, 4) is 0 Å². The predicted molar refractivity (Wildman–Crippen MR) is 71.3 cm³/mol. The fourth-order valence-electron chi connectivity index (χ4n) is 1.50. The van der Waals surface area contributed by atoms with Crippen LogP contribution in [0.4, 0.5) is 0 Å². The molecule has 1 rings (SSSR count). The molecule has 1 aromatic rings. The van der Waals surface area contributed by atoms with Crippen LogP contribution in [0.1, 0.15) is 30.1 Å². The van der Waals surface area contributed by atoms with Crippen molar-refractivity contribution in [2.75, 3.05) is 20.1 Å². The van der Waals surface area contributed by atoms with E-state index in [0.717, 1.165) is 19.4 Å². The monoisotopic (exact) mass is 248 g/mol. The molecule has 0 saturated heterocycles. The van der Waals surface area contributed by atoms with E-state index in [1.54, 1.807) is 36.2 Å². The highest BCUT2D eigenvalue weighted by Gasteiger charge is 2.10. The first-order chi connectivity index (χ1) is 8.65. The minimum atomic E-state index is -0.215. The van der Waals surface area contributed by atoms with Gasteiger partial charge in [0.15, 0.2) is 0 Å². The van der Waals surface area contributed by atoms with E-state index < -0.39 is 0 Å². The molecular formula is C14H20N2O2. The summed E-state index contributed by atoms with van der Waals surface area (Å²) < 4.78 is 0. The van der Waals surface area contributed by atoms with Crippen molar-refractivity contribution < 1.29 is 9.59 Å². The van der Waals surface area contributed by atoms with Gasteiger partial charge in [0.25, 0.3) is 5.91 Å². The van der Waals surface area contributed by atoms with Crippen molar-refractivity contribution in [3.63, 3.8) is 0 Å². The summed E-state index contributed by atoms with van der Waals surface area (Å²) in [4.78, 5) is 25.0. The maximum atomic E-state index is 11.7. The van der Waals surface area contributed by atoms with Gasteiger partial charge in [-0.3, -0.25) is 9.59 Å². The zero-order chi connectivity index (χ0) is 13.4. The molecule has 0 aliphatic carbocycles. The molecule has 1 aromatic carbocycles.